The van der Waals surface area contributed by atoms with Gasteiger partial charge in [-0.3, -0.25) is 0 Å². The van der Waals surface area contributed by atoms with Gasteiger partial charge in [0.05, 0.1) is 23.0 Å². The van der Waals surface area contributed by atoms with E-state index < -0.39 is 5.41 Å². The van der Waals surface area contributed by atoms with Crippen molar-refractivity contribution in [3.63, 3.8) is 0 Å². The molecule has 0 bridgehead atoms. The van der Waals surface area contributed by atoms with Crippen molar-refractivity contribution < 1.29 is 0 Å². The number of rotatable bonds is 8. The Bertz CT molecular complexity index is 3090. The maximum absolute atomic E-state index is 2.71. The van der Waals surface area contributed by atoms with Crippen LogP contribution in [0.5, 0.6) is 0 Å². The van der Waals surface area contributed by atoms with Gasteiger partial charge < -0.3 is 9.47 Å². The smallest absolute Gasteiger partial charge is 0.0711 e. The van der Waals surface area contributed by atoms with Gasteiger partial charge in [-0.1, -0.05) is 200 Å². The maximum atomic E-state index is 2.71. The number of aromatic nitrogens is 1. The van der Waals surface area contributed by atoms with Crippen molar-refractivity contribution in [1.29, 1.82) is 0 Å². The summed E-state index contributed by atoms with van der Waals surface area (Å²) in [7, 11) is 0. The lowest BCUT2D eigenvalue weighted by atomic mass is 9.66. The number of benzene rings is 7. The number of allylic oxidation sites excluding steroid dienone is 5. The van der Waals surface area contributed by atoms with Crippen molar-refractivity contribution in [2.45, 2.75) is 36.8 Å². The Balaban J connectivity index is 0.932. The second-order valence-corrected chi connectivity index (χ2v) is 17.4. The molecule has 3 atom stereocenters. The van der Waals surface area contributed by atoms with E-state index in [1.54, 1.807) is 0 Å². The van der Waals surface area contributed by atoms with E-state index in [4.69, 9.17) is 0 Å². The molecule has 302 valence electrons. The third-order valence-electron chi connectivity index (χ3n) is 14.1. The summed E-state index contributed by atoms with van der Waals surface area (Å²) in [6.07, 6.45) is 20.3. The molecule has 1 heterocycles. The summed E-state index contributed by atoms with van der Waals surface area (Å²) in [4.78, 5) is 2.71. The summed E-state index contributed by atoms with van der Waals surface area (Å²) in [6, 6.07) is 71.6. The van der Waals surface area contributed by atoms with Crippen molar-refractivity contribution in [2.75, 3.05) is 4.90 Å². The fourth-order valence-corrected chi connectivity index (χ4v) is 11.3. The van der Waals surface area contributed by atoms with Crippen molar-refractivity contribution in [3.05, 3.63) is 275 Å². The third kappa shape index (κ3) is 6.15. The highest BCUT2D eigenvalue weighted by Crippen LogP contribution is 2.58. The van der Waals surface area contributed by atoms with Gasteiger partial charge in [-0.05, 0) is 111 Å². The number of para-hydroxylation sites is 2. The van der Waals surface area contributed by atoms with Crippen LogP contribution in [0, 0.1) is 5.92 Å². The van der Waals surface area contributed by atoms with Gasteiger partial charge in [0.2, 0.25) is 0 Å². The van der Waals surface area contributed by atoms with E-state index in [1.807, 2.05) is 0 Å². The number of nitrogens with zero attached hydrogens (tertiary/aromatic N) is 2. The molecular weight excluding hydrogens is 761 g/mol. The summed E-state index contributed by atoms with van der Waals surface area (Å²) >= 11 is 0. The average molecular weight is 809 g/mol. The first-order chi connectivity index (χ1) is 31.3. The van der Waals surface area contributed by atoms with Gasteiger partial charge in [0.25, 0.3) is 0 Å². The van der Waals surface area contributed by atoms with Gasteiger partial charge in [0, 0.05) is 28.4 Å². The molecule has 2 nitrogen and oxygen atoms in total. The lowest BCUT2D eigenvalue weighted by Crippen LogP contribution is -2.43. The first-order valence-corrected chi connectivity index (χ1v) is 22.6. The molecule has 8 aromatic rings. The minimum atomic E-state index is -0.433. The van der Waals surface area contributed by atoms with E-state index in [2.05, 4.69) is 246 Å². The predicted octanol–water partition coefficient (Wildman–Crippen LogP) is 14.4. The van der Waals surface area contributed by atoms with Gasteiger partial charge in [0.1, 0.15) is 0 Å². The van der Waals surface area contributed by atoms with Crippen LogP contribution in [-0.2, 0) is 11.8 Å². The Morgan fingerprint density at radius 3 is 1.86 bits per heavy atom. The molecule has 0 fully saturated rings. The summed E-state index contributed by atoms with van der Waals surface area (Å²) in [5.74, 6) is 0.319. The third-order valence-corrected chi connectivity index (χ3v) is 14.1. The van der Waals surface area contributed by atoms with Crippen LogP contribution in [0.4, 0.5) is 5.69 Å². The fourth-order valence-electron chi connectivity index (χ4n) is 11.3. The largest absolute Gasteiger partial charge is 0.358 e. The lowest BCUT2D eigenvalue weighted by Gasteiger charge is -2.42. The quantitative estimate of drug-likeness (QED) is 0.148. The normalized spacial score (nSPS) is 19.4. The molecule has 12 rings (SSSR count). The Kier molecular flexibility index (Phi) is 9.18. The average Bonchev–Trinajstić information content (AvgIpc) is 3.86. The molecule has 2 heteroatoms. The zero-order chi connectivity index (χ0) is 41.7. The van der Waals surface area contributed by atoms with E-state index in [-0.39, 0.29) is 12.1 Å². The molecule has 1 aromatic heterocycles. The highest BCUT2D eigenvalue weighted by atomic mass is 15.2. The molecule has 7 aromatic carbocycles. The van der Waals surface area contributed by atoms with Gasteiger partial charge >= 0.3 is 0 Å². The first-order valence-electron chi connectivity index (χ1n) is 22.6. The van der Waals surface area contributed by atoms with Crippen LogP contribution in [0.3, 0.4) is 0 Å². The number of fused-ring (bicyclic) bond motifs is 6. The minimum Gasteiger partial charge on any atom is -0.358 e. The molecule has 0 amide bonds. The zero-order valence-corrected chi connectivity index (χ0v) is 35.3. The number of hydrogen-bond acceptors (Lipinski definition) is 1. The lowest BCUT2D eigenvalue weighted by molar-refractivity contribution is 0.602. The van der Waals surface area contributed by atoms with E-state index in [0.717, 1.165) is 19.3 Å². The molecule has 4 aliphatic rings. The molecule has 4 aliphatic carbocycles. The molecule has 0 saturated heterocycles. The molecule has 3 unspecified atom stereocenters. The topological polar surface area (TPSA) is 8.17 Å². The Morgan fingerprint density at radius 2 is 1.14 bits per heavy atom. The highest BCUT2D eigenvalue weighted by Gasteiger charge is 2.49. The molecular formula is C61H48N2. The molecule has 63 heavy (non-hydrogen) atoms. The summed E-state index contributed by atoms with van der Waals surface area (Å²) in [5.41, 5.74) is 18.0. The molecule has 0 saturated carbocycles. The summed E-state index contributed by atoms with van der Waals surface area (Å²) in [5, 5.41) is 1.35. The maximum Gasteiger partial charge on any atom is 0.0711 e. The van der Waals surface area contributed by atoms with E-state index in [1.165, 1.54) is 83.6 Å². The van der Waals surface area contributed by atoms with Gasteiger partial charge in [-0.25, -0.2) is 0 Å². The van der Waals surface area contributed by atoms with Crippen molar-refractivity contribution in [3.8, 4) is 16.8 Å². The predicted molar refractivity (Wildman–Crippen MR) is 263 cm³/mol. The van der Waals surface area contributed by atoms with Crippen molar-refractivity contribution >= 4 is 28.2 Å². The van der Waals surface area contributed by atoms with Gasteiger partial charge in [-0.15, -0.1) is 0 Å². The van der Waals surface area contributed by atoms with E-state index >= 15 is 0 Å². The van der Waals surface area contributed by atoms with Crippen LogP contribution in [0.15, 0.2) is 242 Å². The summed E-state index contributed by atoms with van der Waals surface area (Å²) in [6.45, 7) is 0. The van der Waals surface area contributed by atoms with Crippen LogP contribution in [0.2, 0.25) is 0 Å². The second kappa shape index (κ2) is 15.5. The molecule has 0 spiro atoms. The van der Waals surface area contributed by atoms with Crippen molar-refractivity contribution in [2.24, 2.45) is 5.92 Å². The van der Waals surface area contributed by atoms with Crippen LogP contribution < -0.4 is 4.90 Å². The van der Waals surface area contributed by atoms with E-state index in [9.17, 15) is 0 Å². The Morgan fingerprint density at radius 1 is 0.524 bits per heavy atom. The van der Waals surface area contributed by atoms with Crippen LogP contribution in [0.25, 0.3) is 39.4 Å². The first kappa shape index (κ1) is 37.4. The van der Waals surface area contributed by atoms with Crippen LogP contribution >= 0.6 is 0 Å². The second-order valence-electron chi connectivity index (χ2n) is 17.4. The van der Waals surface area contributed by atoms with Gasteiger partial charge in [0.15, 0.2) is 0 Å². The molecule has 0 aliphatic heterocycles. The van der Waals surface area contributed by atoms with E-state index in [0.29, 0.717) is 5.92 Å². The Hall–Kier alpha value is -7.42. The Labute approximate surface area is 370 Å². The fraction of sp³-hybridized carbons (Fsp3) is 0.115. The summed E-state index contributed by atoms with van der Waals surface area (Å²) < 4.78 is 2.44. The SMILES string of the molecule is C1=CC(N(c2ccc(-c3ccccc3)cc2)C2C=C3C(=CC2)c2ccccc2C3(c2ccccc2)c2ccccc2)CC=C1C1C=Cc2c(c3ccccc3n2-c2ccccc2)C1. The van der Waals surface area contributed by atoms with Crippen molar-refractivity contribution in [1.82, 2.24) is 4.57 Å². The van der Waals surface area contributed by atoms with Gasteiger partial charge in [-0.2, -0.15) is 0 Å². The highest BCUT2D eigenvalue weighted by molar-refractivity contribution is 5.95. The number of hydrogen-bond donors (Lipinski definition) is 0. The monoisotopic (exact) mass is 808 g/mol. The minimum absolute atomic E-state index is 0.137. The molecule has 0 N–H and O–H groups in total. The molecule has 0 radical (unpaired) electrons. The zero-order valence-electron chi connectivity index (χ0n) is 35.3. The number of anilines is 1. The van der Waals surface area contributed by atoms with Crippen LogP contribution in [-0.4, -0.2) is 16.7 Å². The standard InChI is InChI=1S/C61H48N2/c1-5-17-43(18-6-1)44-29-34-50(35-30-44)62(51-36-31-45(32-37-51)46-33-40-60-56(41-46)55-26-14-16-28-59(55)63(60)49-23-11-4-12-24-49)52-38-39-54-53-25-13-15-27-57(53)61(58(54)42-52,47-19-7-2-8-20-47)48-21-9-3-10-22-48/h1-36,39-40,42,46,51-52H,37-38,41H2. The van der Waals surface area contributed by atoms with Crippen LogP contribution in [0.1, 0.15) is 46.4 Å².